The van der Waals surface area contributed by atoms with E-state index in [0.717, 1.165) is 12.1 Å². The third kappa shape index (κ3) is 7.03. The molecule has 1 aromatic carbocycles. The molecule has 0 fully saturated rings. The Morgan fingerprint density at radius 1 is 1.22 bits per heavy atom. The molecule has 0 saturated heterocycles. The van der Waals surface area contributed by atoms with Crippen LogP contribution >= 0.6 is 0 Å². The highest BCUT2D eigenvalue weighted by Crippen LogP contribution is 2.29. The van der Waals surface area contributed by atoms with Crippen molar-refractivity contribution < 1.29 is 22.7 Å². The number of ether oxygens (including phenoxy) is 1. The van der Waals surface area contributed by atoms with Crippen LogP contribution in [0.4, 0.5) is 13.2 Å². The van der Waals surface area contributed by atoms with Crippen molar-refractivity contribution >= 4 is 5.97 Å². The van der Waals surface area contributed by atoms with Crippen molar-refractivity contribution in [2.45, 2.75) is 64.9 Å². The molecule has 130 valence electrons. The fourth-order valence-electron chi connectivity index (χ4n) is 2.17. The fourth-order valence-corrected chi connectivity index (χ4v) is 2.17. The molecule has 0 amide bonds. The number of benzene rings is 1. The molecule has 0 bridgehead atoms. The number of alkyl halides is 3. The molecule has 2 atom stereocenters. The lowest BCUT2D eigenvalue weighted by atomic mass is 10.0. The van der Waals surface area contributed by atoms with Crippen LogP contribution in [0.25, 0.3) is 0 Å². The maximum Gasteiger partial charge on any atom is 0.416 e. The van der Waals surface area contributed by atoms with E-state index >= 15 is 0 Å². The number of rotatable bonds is 5. The molecule has 0 heterocycles. The molecule has 1 aromatic rings. The molecule has 23 heavy (non-hydrogen) atoms. The normalized spacial score (nSPS) is 15.1. The van der Waals surface area contributed by atoms with Gasteiger partial charge in [0.2, 0.25) is 0 Å². The van der Waals surface area contributed by atoms with Crippen molar-refractivity contribution in [2.75, 3.05) is 0 Å². The predicted molar refractivity (Wildman–Crippen MR) is 83.1 cm³/mol. The molecule has 6 heteroatoms. The van der Waals surface area contributed by atoms with Gasteiger partial charge in [-0.3, -0.25) is 4.79 Å². The summed E-state index contributed by atoms with van der Waals surface area (Å²) in [4.78, 5) is 11.9. The van der Waals surface area contributed by atoms with Crippen LogP contribution in [0.5, 0.6) is 0 Å². The van der Waals surface area contributed by atoms with Crippen molar-refractivity contribution in [1.82, 2.24) is 5.32 Å². The third-order valence-corrected chi connectivity index (χ3v) is 3.09. The summed E-state index contributed by atoms with van der Waals surface area (Å²) < 4.78 is 43.4. The lowest BCUT2D eigenvalue weighted by Crippen LogP contribution is -2.44. The number of halogens is 3. The molecule has 0 spiro atoms. The Hall–Kier alpha value is -1.56. The zero-order chi connectivity index (χ0) is 17.8. The SMILES string of the molecule is C[C@H](Cc1cccc(C(F)(F)F)c1)N[C@@H](C)C(=O)OC(C)(C)C. The zero-order valence-electron chi connectivity index (χ0n) is 14.1. The molecular formula is C17H24F3NO2. The summed E-state index contributed by atoms with van der Waals surface area (Å²) in [6.45, 7) is 8.84. The number of hydrogen-bond donors (Lipinski definition) is 1. The molecule has 0 unspecified atom stereocenters. The van der Waals surface area contributed by atoms with Gasteiger partial charge in [-0.05, 0) is 52.7 Å². The minimum Gasteiger partial charge on any atom is -0.459 e. The van der Waals surface area contributed by atoms with Gasteiger partial charge in [-0.1, -0.05) is 18.2 Å². The summed E-state index contributed by atoms with van der Waals surface area (Å²) in [7, 11) is 0. The molecule has 3 nitrogen and oxygen atoms in total. The standard InChI is InChI=1S/C17H24F3NO2/c1-11(21-12(2)15(22)23-16(3,4)5)9-13-7-6-8-14(10-13)17(18,19)20/h6-8,10-12,21H,9H2,1-5H3/t11-,12+/m1/s1. The summed E-state index contributed by atoms with van der Waals surface area (Å²) in [5.41, 5.74) is -0.671. The fraction of sp³-hybridized carbons (Fsp3) is 0.588. The Morgan fingerprint density at radius 3 is 2.35 bits per heavy atom. The van der Waals surface area contributed by atoms with Gasteiger partial charge in [0.1, 0.15) is 11.6 Å². The lowest BCUT2D eigenvalue weighted by molar-refractivity contribution is -0.157. The van der Waals surface area contributed by atoms with E-state index in [-0.39, 0.29) is 12.0 Å². The molecule has 1 rings (SSSR count). The Kier molecular flexibility index (Phi) is 6.22. The molecule has 0 aliphatic rings. The maximum atomic E-state index is 12.7. The second-order valence-electron chi connectivity index (χ2n) is 6.73. The van der Waals surface area contributed by atoms with Crippen LogP contribution in [-0.2, 0) is 22.1 Å². The number of hydrogen-bond acceptors (Lipinski definition) is 3. The van der Waals surface area contributed by atoms with Gasteiger partial charge >= 0.3 is 12.1 Å². The van der Waals surface area contributed by atoms with Crippen LogP contribution in [0.1, 0.15) is 45.7 Å². The average molecular weight is 331 g/mol. The van der Waals surface area contributed by atoms with E-state index < -0.39 is 23.4 Å². The third-order valence-electron chi connectivity index (χ3n) is 3.09. The minimum atomic E-state index is -4.35. The summed E-state index contributed by atoms with van der Waals surface area (Å²) in [5.74, 6) is -0.381. The number of carbonyl (C=O) groups is 1. The topological polar surface area (TPSA) is 38.3 Å². The van der Waals surface area contributed by atoms with Gasteiger partial charge in [0.25, 0.3) is 0 Å². The second kappa shape index (κ2) is 7.34. The highest BCUT2D eigenvalue weighted by atomic mass is 19.4. The van der Waals surface area contributed by atoms with Crippen molar-refractivity contribution in [1.29, 1.82) is 0 Å². The molecule has 0 saturated carbocycles. The molecular weight excluding hydrogens is 307 g/mol. The second-order valence-corrected chi connectivity index (χ2v) is 6.73. The Labute approximate surface area is 135 Å². The van der Waals surface area contributed by atoms with Crippen LogP contribution < -0.4 is 5.32 Å². The van der Waals surface area contributed by atoms with Gasteiger partial charge in [-0.25, -0.2) is 0 Å². The van der Waals surface area contributed by atoms with Crippen molar-refractivity contribution in [3.63, 3.8) is 0 Å². The van der Waals surface area contributed by atoms with E-state index in [1.165, 1.54) is 6.07 Å². The molecule has 0 aliphatic heterocycles. The van der Waals surface area contributed by atoms with Crippen LogP contribution in [0, 0.1) is 0 Å². The first-order chi connectivity index (χ1) is 10.4. The smallest absolute Gasteiger partial charge is 0.416 e. The first-order valence-corrected chi connectivity index (χ1v) is 7.53. The molecule has 0 radical (unpaired) electrons. The van der Waals surface area contributed by atoms with Gasteiger partial charge in [-0.15, -0.1) is 0 Å². The molecule has 0 aliphatic carbocycles. The monoisotopic (exact) mass is 331 g/mol. The van der Waals surface area contributed by atoms with Crippen LogP contribution in [0.2, 0.25) is 0 Å². The quantitative estimate of drug-likeness (QED) is 0.830. The summed E-state index contributed by atoms with van der Waals surface area (Å²) >= 11 is 0. The van der Waals surface area contributed by atoms with E-state index in [4.69, 9.17) is 4.74 Å². The zero-order valence-corrected chi connectivity index (χ0v) is 14.1. The van der Waals surface area contributed by atoms with Crippen LogP contribution in [0.3, 0.4) is 0 Å². The van der Waals surface area contributed by atoms with Gasteiger partial charge < -0.3 is 10.1 Å². The number of carbonyl (C=O) groups excluding carboxylic acids is 1. The van der Waals surface area contributed by atoms with E-state index in [1.807, 2.05) is 6.92 Å². The summed E-state index contributed by atoms with van der Waals surface area (Å²) in [5, 5.41) is 3.05. The van der Waals surface area contributed by atoms with Crippen molar-refractivity contribution in [2.24, 2.45) is 0 Å². The first-order valence-electron chi connectivity index (χ1n) is 7.53. The largest absolute Gasteiger partial charge is 0.459 e. The Bertz CT molecular complexity index is 535. The Balaban J connectivity index is 2.63. The minimum absolute atomic E-state index is 0.166. The maximum absolute atomic E-state index is 12.7. The van der Waals surface area contributed by atoms with Gasteiger partial charge in [0, 0.05) is 6.04 Å². The van der Waals surface area contributed by atoms with E-state index in [9.17, 15) is 18.0 Å². The van der Waals surface area contributed by atoms with E-state index in [1.54, 1.807) is 33.8 Å². The summed E-state index contributed by atoms with van der Waals surface area (Å²) in [6.07, 6.45) is -3.96. The first kappa shape index (κ1) is 19.5. The Morgan fingerprint density at radius 2 is 1.83 bits per heavy atom. The summed E-state index contributed by atoms with van der Waals surface area (Å²) in [6, 6.07) is 4.52. The molecule has 0 aromatic heterocycles. The average Bonchev–Trinajstić information content (AvgIpc) is 2.35. The lowest BCUT2D eigenvalue weighted by Gasteiger charge is -2.24. The van der Waals surface area contributed by atoms with E-state index in [2.05, 4.69) is 5.32 Å². The number of nitrogens with one attached hydrogen (secondary N) is 1. The number of esters is 1. The van der Waals surface area contributed by atoms with Crippen molar-refractivity contribution in [3.05, 3.63) is 35.4 Å². The van der Waals surface area contributed by atoms with Crippen LogP contribution in [-0.4, -0.2) is 23.7 Å². The van der Waals surface area contributed by atoms with Gasteiger partial charge in [-0.2, -0.15) is 13.2 Å². The van der Waals surface area contributed by atoms with Gasteiger partial charge in [0.15, 0.2) is 0 Å². The predicted octanol–water partition coefficient (Wildman–Crippen LogP) is 3.96. The van der Waals surface area contributed by atoms with Crippen molar-refractivity contribution in [3.8, 4) is 0 Å². The van der Waals surface area contributed by atoms with Crippen LogP contribution in [0.15, 0.2) is 24.3 Å². The van der Waals surface area contributed by atoms with E-state index in [0.29, 0.717) is 12.0 Å². The van der Waals surface area contributed by atoms with Gasteiger partial charge in [0.05, 0.1) is 5.56 Å². The highest BCUT2D eigenvalue weighted by molar-refractivity contribution is 5.75. The highest BCUT2D eigenvalue weighted by Gasteiger charge is 2.30. The molecule has 1 N–H and O–H groups in total.